The van der Waals surface area contributed by atoms with Gasteiger partial charge in [0, 0.05) is 13.3 Å². The molecule has 42 heavy (non-hydrogen) atoms. The summed E-state index contributed by atoms with van der Waals surface area (Å²) in [5.74, 6) is 0.671. The minimum Gasteiger partial charge on any atom is -0.426 e. The first kappa shape index (κ1) is 34.8. The fourth-order valence-corrected chi connectivity index (χ4v) is 5.66. The number of ether oxygens (including phenoxy) is 2. The molecule has 0 spiro atoms. The van der Waals surface area contributed by atoms with Crippen molar-refractivity contribution in [3.8, 4) is 11.5 Å². The van der Waals surface area contributed by atoms with Crippen LogP contribution in [0.2, 0.25) is 0 Å². The molecule has 4 rings (SSSR count). The molecule has 0 atom stereocenters. The molecule has 0 unspecified atom stereocenters. The Kier molecular flexibility index (Phi) is 13.0. The first-order valence-corrected chi connectivity index (χ1v) is 15.0. The normalized spacial score (nSPS) is 10.9. The second-order valence-corrected chi connectivity index (χ2v) is 11.5. The third-order valence-corrected chi connectivity index (χ3v) is 8.10. The number of carbonyl (C=O) groups is 2. The van der Waals surface area contributed by atoms with E-state index in [0.717, 1.165) is 56.3 Å². The molecule has 0 saturated carbocycles. The van der Waals surface area contributed by atoms with E-state index in [1.54, 1.807) is 0 Å². The Hall–Kier alpha value is -3.40. The maximum absolute atomic E-state index is 12.8. The highest BCUT2D eigenvalue weighted by atomic mass is 16.5. The van der Waals surface area contributed by atoms with Crippen molar-refractivity contribution in [2.24, 2.45) is 0 Å². The maximum Gasteiger partial charge on any atom is 0.311 e. The van der Waals surface area contributed by atoms with Crippen LogP contribution in [0, 0.1) is 27.7 Å². The van der Waals surface area contributed by atoms with Gasteiger partial charge < -0.3 is 9.47 Å². The van der Waals surface area contributed by atoms with Crippen molar-refractivity contribution in [1.29, 1.82) is 0 Å². The fraction of sp³-hybridized carbons (Fsp3) is 0.474. The van der Waals surface area contributed by atoms with Crippen LogP contribution < -0.4 is 9.47 Å². The summed E-state index contributed by atoms with van der Waals surface area (Å²) in [5.41, 5.74) is 4.26. The summed E-state index contributed by atoms with van der Waals surface area (Å²) in [7, 11) is 0. The molecule has 0 amide bonds. The SMILES string of the molecule is C.C.CCCCCCCCCCCC(=O)Oc1cc2c3cc(C)c(OC(C)=O)cc3c3cc(C)c(C)cc3c2cc1C. The van der Waals surface area contributed by atoms with E-state index in [1.807, 2.05) is 26.0 Å². The number of hydrogen-bond acceptors (Lipinski definition) is 4. The molecule has 228 valence electrons. The number of hydrogen-bond donors (Lipinski definition) is 0. The minimum absolute atomic E-state index is 0. The molecule has 0 aliphatic carbocycles. The van der Waals surface area contributed by atoms with E-state index in [0.29, 0.717) is 17.9 Å². The first-order chi connectivity index (χ1) is 19.2. The monoisotopic (exact) mass is 572 g/mol. The van der Waals surface area contributed by atoms with Crippen LogP contribution in [0.1, 0.15) is 115 Å². The Balaban J connectivity index is 0.00000308. The summed E-state index contributed by atoms with van der Waals surface area (Å²) in [6, 6.07) is 12.6. The zero-order valence-corrected chi connectivity index (χ0v) is 25.2. The van der Waals surface area contributed by atoms with Crippen molar-refractivity contribution in [2.45, 2.75) is 121 Å². The lowest BCUT2D eigenvalue weighted by molar-refractivity contribution is -0.134. The van der Waals surface area contributed by atoms with Crippen molar-refractivity contribution in [3.05, 3.63) is 58.7 Å². The Bertz CT molecular complexity index is 1550. The zero-order valence-electron chi connectivity index (χ0n) is 25.2. The third kappa shape index (κ3) is 8.12. The number of fused-ring (bicyclic) bond motifs is 6. The molecule has 0 aromatic heterocycles. The van der Waals surface area contributed by atoms with Crippen LogP contribution in [0.15, 0.2) is 36.4 Å². The number of benzene rings is 4. The highest BCUT2D eigenvalue weighted by molar-refractivity contribution is 6.26. The van der Waals surface area contributed by atoms with Gasteiger partial charge in [0.15, 0.2) is 0 Å². The molecule has 4 aromatic carbocycles. The third-order valence-electron chi connectivity index (χ3n) is 8.10. The highest BCUT2D eigenvalue weighted by Gasteiger charge is 2.17. The van der Waals surface area contributed by atoms with Crippen LogP contribution in [0.3, 0.4) is 0 Å². The van der Waals surface area contributed by atoms with Crippen LogP contribution >= 0.6 is 0 Å². The molecule has 0 radical (unpaired) electrons. The smallest absolute Gasteiger partial charge is 0.311 e. The molecule has 0 aliphatic heterocycles. The van der Waals surface area contributed by atoms with E-state index < -0.39 is 0 Å². The van der Waals surface area contributed by atoms with Gasteiger partial charge in [-0.3, -0.25) is 9.59 Å². The van der Waals surface area contributed by atoms with Crippen molar-refractivity contribution in [3.63, 3.8) is 0 Å². The average molecular weight is 573 g/mol. The zero-order chi connectivity index (χ0) is 28.8. The summed E-state index contributed by atoms with van der Waals surface area (Å²) in [6.45, 7) is 11.9. The number of rotatable bonds is 12. The molecule has 4 heteroatoms. The standard InChI is InChI=1S/C36H44O4.2CH4/c1-7-8-9-10-11-12-13-14-15-16-36(38)40-35-22-33-30(20-26(35)5)28-17-23(2)24(3)18-29(28)32-21-34(39-27(6)37)25(4)19-31(32)33;;/h17-22H,7-16H2,1-6H3;2*1H4. The van der Waals surface area contributed by atoms with E-state index in [-0.39, 0.29) is 26.8 Å². The lowest BCUT2D eigenvalue weighted by Gasteiger charge is -2.17. The van der Waals surface area contributed by atoms with Crippen molar-refractivity contribution < 1.29 is 19.1 Å². The predicted octanol–water partition coefficient (Wildman–Crippen LogP) is 11.4. The Morgan fingerprint density at radius 1 is 0.524 bits per heavy atom. The summed E-state index contributed by atoms with van der Waals surface area (Å²) >= 11 is 0. The fourth-order valence-electron chi connectivity index (χ4n) is 5.66. The van der Waals surface area contributed by atoms with Crippen molar-refractivity contribution >= 4 is 44.3 Å². The van der Waals surface area contributed by atoms with E-state index in [9.17, 15) is 9.59 Å². The van der Waals surface area contributed by atoms with Crippen LogP contribution in [0.4, 0.5) is 0 Å². The summed E-state index contributed by atoms with van der Waals surface area (Å²) < 4.78 is 11.5. The Labute approximate surface area is 253 Å². The van der Waals surface area contributed by atoms with Gasteiger partial charge in [0.1, 0.15) is 11.5 Å². The quantitative estimate of drug-likeness (QED) is 0.0733. The van der Waals surface area contributed by atoms with Crippen LogP contribution in [0.5, 0.6) is 11.5 Å². The van der Waals surface area contributed by atoms with Crippen LogP contribution in [0.25, 0.3) is 32.3 Å². The summed E-state index contributed by atoms with van der Waals surface area (Å²) in [5, 5.41) is 6.48. The van der Waals surface area contributed by atoms with E-state index in [1.165, 1.54) is 63.0 Å². The van der Waals surface area contributed by atoms with E-state index in [2.05, 4.69) is 45.0 Å². The average Bonchev–Trinajstić information content (AvgIpc) is 2.90. The van der Waals surface area contributed by atoms with Gasteiger partial charge in [0.05, 0.1) is 0 Å². The van der Waals surface area contributed by atoms with Crippen LogP contribution in [-0.4, -0.2) is 11.9 Å². The molecule has 0 bridgehead atoms. The topological polar surface area (TPSA) is 52.6 Å². The summed E-state index contributed by atoms with van der Waals surface area (Å²) in [4.78, 5) is 24.6. The lowest BCUT2D eigenvalue weighted by atomic mass is 9.90. The van der Waals surface area contributed by atoms with Gasteiger partial charge >= 0.3 is 11.9 Å². The Morgan fingerprint density at radius 2 is 0.881 bits per heavy atom. The molecule has 0 aliphatic rings. The van der Waals surface area contributed by atoms with Gasteiger partial charge in [-0.1, -0.05) is 85.3 Å². The van der Waals surface area contributed by atoms with Gasteiger partial charge in [-0.2, -0.15) is 0 Å². The molecular formula is C38H52O4. The molecule has 0 N–H and O–H groups in total. The molecule has 4 nitrogen and oxygen atoms in total. The Morgan fingerprint density at radius 3 is 1.31 bits per heavy atom. The van der Waals surface area contributed by atoms with Gasteiger partial charge in [0.2, 0.25) is 0 Å². The van der Waals surface area contributed by atoms with Gasteiger partial charge in [-0.05, 0) is 113 Å². The lowest BCUT2D eigenvalue weighted by Crippen LogP contribution is -2.08. The summed E-state index contributed by atoms with van der Waals surface area (Å²) in [6.07, 6.45) is 11.4. The predicted molar refractivity (Wildman–Crippen MR) is 180 cm³/mol. The van der Waals surface area contributed by atoms with Gasteiger partial charge in [0.25, 0.3) is 0 Å². The second kappa shape index (κ2) is 15.7. The largest absolute Gasteiger partial charge is 0.426 e. The highest BCUT2D eigenvalue weighted by Crippen LogP contribution is 2.41. The molecular weight excluding hydrogens is 520 g/mol. The van der Waals surface area contributed by atoms with Crippen molar-refractivity contribution in [2.75, 3.05) is 0 Å². The number of aryl methyl sites for hydroxylation is 4. The first-order valence-electron chi connectivity index (χ1n) is 15.0. The van der Waals surface area contributed by atoms with Crippen LogP contribution in [-0.2, 0) is 9.59 Å². The second-order valence-electron chi connectivity index (χ2n) is 11.5. The number of unbranched alkanes of at least 4 members (excludes halogenated alkanes) is 8. The maximum atomic E-state index is 12.8. The van der Waals surface area contributed by atoms with Crippen molar-refractivity contribution in [1.82, 2.24) is 0 Å². The minimum atomic E-state index is -0.337. The molecule has 0 fully saturated rings. The molecule has 4 aromatic rings. The molecule has 0 saturated heterocycles. The number of carbonyl (C=O) groups excluding carboxylic acids is 2. The van der Waals surface area contributed by atoms with Gasteiger partial charge in [-0.25, -0.2) is 0 Å². The number of esters is 2. The van der Waals surface area contributed by atoms with E-state index in [4.69, 9.17) is 9.47 Å². The molecule has 0 heterocycles. The van der Waals surface area contributed by atoms with E-state index >= 15 is 0 Å². The van der Waals surface area contributed by atoms with Gasteiger partial charge in [-0.15, -0.1) is 0 Å².